The van der Waals surface area contributed by atoms with Gasteiger partial charge in [-0.3, -0.25) is 4.79 Å². The number of anilines is 1. The molecular weight excluding hydrogens is 331 g/mol. The molecule has 1 amide bonds. The van der Waals surface area contributed by atoms with Crippen LogP contribution in [0.25, 0.3) is 0 Å². The van der Waals surface area contributed by atoms with E-state index in [9.17, 15) is 4.79 Å². The Hall–Kier alpha value is -1.08. The summed E-state index contributed by atoms with van der Waals surface area (Å²) in [6, 6.07) is 4.87. The maximum Gasteiger partial charge on any atom is 0.243 e. The number of nitrogens with one attached hydrogen (secondary N) is 3. The van der Waals surface area contributed by atoms with Gasteiger partial charge in [-0.05, 0) is 44.5 Å². The molecule has 0 aliphatic heterocycles. The summed E-state index contributed by atoms with van der Waals surface area (Å²) >= 11 is 16.9. The normalized spacial score (nSPS) is 10.3. The van der Waals surface area contributed by atoms with E-state index in [4.69, 9.17) is 35.4 Å². The zero-order chi connectivity index (χ0) is 15.8. The van der Waals surface area contributed by atoms with E-state index in [1.807, 2.05) is 19.0 Å². The van der Waals surface area contributed by atoms with E-state index in [0.717, 1.165) is 6.54 Å². The molecule has 3 N–H and O–H groups in total. The van der Waals surface area contributed by atoms with E-state index in [2.05, 4.69) is 16.0 Å². The Balaban J connectivity index is 2.34. The van der Waals surface area contributed by atoms with Gasteiger partial charge in [0.15, 0.2) is 5.11 Å². The summed E-state index contributed by atoms with van der Waals surface area (Å²) in [5.74, 6) is -0.254. The molecule has 0 saturated carbocycles. The molecule has 0 spiro atoms. The molecule has 0 atom stereocenters. The Morgan fingerprint density at radius 2 is 2.00 bits per heavy atom. The van der Waals surface area contributed by atoms with E-state index in [1.54, 1.807) is 18.2 Å². The predicted octanol–water partition coefficient (Wildman–Crippen LogP) is 1.96. The number of rotatable bonds is 6. The second-order valence-electron chi connectivity index (χ2n) is 4.59. The third-order valence-electron chi connectivity index (χ3n) is 2.46. The van der Waals surface area contributed by atoms with Gasteiger partial charge < -0.3 is 20.9 Å². The SMILES string of the molecule is CN(C)CCNC(=S)NCC(=O)Nc1cc(Cl)ccc1Cl. The van der Waals surface area contributed by atoms with Crippen molar-refractivity contribution in [3.63, 3.8) is 0 Å². The largest absolute Gasteiger partial charge is 0.361 e. The van der Waals surface area contributed by atoms with E-state index in [1.165, 1.54) is 0 Å². The molecular formula is C13H18Cl2N4OS. The van der Waals surface area contributed by atoms with Gasteiger partial charge in [0.2, 0.25) is 5.91 Å². The molecule has 1 aromatic rings. The van der Waals surface area contributed by atoms with Crippen molar-refractivity contribution in [3.05, 3.63) is 28.2 Å². The lowest BCUT2D eigenvalue weighted by Gasteiger charge is -2.13. The average Bonchev–Trinajstić information content (AvgIpc) is 2.40. The Morgan fingerprint density at radius 3 is 2.67 bits per heavy atom. The summed E-state index contributed by atoms with van der Waals surface area (Å²) < 4.78 is 0. The van der Waals surface area contributed by atoms with Gasteiger partial charge in [-0.1, -0.05) is 23.2 Å². The topological polar surface area (TPSA) is 56.4 Å². The molecule has 1 rings (SSSR count). The van der Waals surface area contributed by atoms with Gasteiger partial charge in [0.1, 0.15) is 0 Å². The Labute approximate surface area is 140 Å². The first-order valence-corrected chi connectivity index (χ1v) is 7.46. The number of amides is 1. The number of carbonyl (C=O) groups is 1. The van der Waals surface area contributed by atoms with Gasteiger partial charge in [0.25, 0.3) is 0 Å². The monoisotopic (exact) mass is 348 g/mol. The van der Waals surface area contributed by atoms with Crippen molar-refractivity contribution in [2.24, 2.45) is 0 Å². The molecule has 5 nitrogen and oxygen atoms in total. The number of likely N-dealkylation sites (N-methyl/N-ethyl adjacent to an activating group) is 1. The first-order chi connectivity index (χ1) is 9.88. The maximum atomic E-state index is 11.8. The molecule has 0 aliphatic carbocycles. The van der Waals surface area contributed by atoms with Gasteiger partial charge in [-0.25, -0.2) is 0 Å². The molecule has 0 saturated heterocycles. The van der Waals surface area contributed by atoms with Gasteiger partial charge in [0.05, 0.1) is 17.3 Å². The first-order valence-electron chi connectivity index (χ1n) is 6.30. The lowest BCUT2D eigenvalue weighted by molar-refractivity contribution is -0.115. The minimum atomic E-state index is -0.254. The summed E-state index contributed by atoms with van der Waals surface area (Å²) in [6.45, 7) is 1.61. The van der Waals surface area contributed by atoms with Crippen LogP contribution in [0.1, 0.15) is 0 Å². The van der Waals surface area contributed by atoms with Crippen LogP contribution < -0.4 is 16.0 Å². The van der Waals surface area contributed by atoms with Crippen molar-refractivity contribution in [2.45, 2.75) is 0 Å². The highest BCUT2D eigenvalue weighted by atomic mass is 35.5. The molecule has 0 bridgehead atoms. The lowest BCUT2D eigenvalue weighted by atomic mass is 10.3. The molecule has 8 heteroatoms. The van der Waals surface area contributed by atoms with Gasteiger partial charge in [-0.2, -0.15) is 0 Å². The van der Waals surface area contributed by atoms with E-state index >= 15 is 0 Å². The fraction of sp³-hybridized carbons (Fsp3) is 0.385. The molecule has 0 heterocycles. The van der Waals surface area contributed by atoms with Crippen LogP contribution in [0.3, 0.4) is 0 Å². The highest BCUT2D eigenvalue weighted by Crippen LogP contribution is 2.25. The predicted molar refractivity (Wildman–Crippen MR) is 92.2 cm³/mol. The molecule has 0 radical (unpaired) electrons. The van der Waals surface area contributed by atoms with Crippen LogP contribution in [0.4, 0.5) is 5.69 Å². The average molecular weight is 349 g/mol. The maximum absolute atomic E-state index is 11.8. The van der Waals surface area contributed by atoms with Crippen molar-refractivity contribution in [1.29, 1.82) is 0 Å². The third kappa shape index (κ3) is 7.47. The summed E-state index contributed by atoms with van der Waals surface area (Å²) in [6.07, 6.45) is 0. The van der Waals surface area contributed by atoms with Gasteiger partial charge >= 0.3 is 0 Å². The first kappa shape index (κ1) is 18.0. The highest BCUT2D eigenvalue weighted by Gasteiger charge is 2.07. The molecule has 1 aromatic carbocycles. The number of hydrogen-bond donors (Lipinski definition) is 3. The Morgan fingerprint density at radius 1 is 1.29 bits per heavy atom. The summed E-state index contributed by atoms with van der Waals surface area (Å²) in [4.78, 5) is 13.8. The number of nitrogens with zero attached hydrogens (tertiary/aromatic N) is 1. The molecule has 0 fully saturated rings. The van der Waals surface area contributed by atoms with Crippen LogP contribution in [0.15, 0.2) is 18.2 Å². The fourth-order valence-electron chi connectivity index (χ4n) is 1.40. The van der Waals surface area contributed by atoms with Crippen molar-refractivity contribution in [1.82, 2.24) is 15.5 Å². The van der Waals surface area contributed by atoms with Crippen LogP contribution in [0.2, 0.25) is 10.0 Å². The van der Waals surface area contributed by atoms with Crippen molar-refractivity contribution < 1.29 is 4.79 Å². The van der Waals surface area contributed by atoms with Crippen LogP contribution in [0, 0.1) is 0 Å². The van der Waals surface area contributed by atoms with Crippen LogP contribution >= 0.6 is 35.4 Å². The minimum Gasteiger partial charge on any atom is -0.361 e. The highest BCUT2D eigenvalue weighted by molar-refractivity contribution is 7.80. The smallest absolute Gasteiger partial charge is 0.243 e. The number of benzene rings is 1. The number of thiocarbonyl (C=S) groups is 1. The summed E-state index contributed by atoms with van der Waals surface area (Å²) in [5, 5.41) is 9.86. The van der Waals surface area contributed by atoms with Crippen molar-refractivity contribution >= 4 is 52.1 Å². The minimum absolute atomic E-state index is 0.0522. The fourth-order valence-corrected chi connectivity index (χ4v) is 1.91. The molecule has 0 aromatic heterocycles. The summed E-state index contributed by atoms with van der Waals surface area (Å²) in [5.41, 5.74) is 0.474. The molecule has 0 aliphatic rings. The van der Waals surface area contributed by atoms with Crippen LogP contribution in [-0.2, 0) is 4.79 Å². The Kier molecular flexibility index (Phi) is 7.74. The molecule has 0 unspecified atom stereocenters. The Bertz CT molecular complexity index is 511. The zero-order valence-corrected chi connectivity index (χ0v) is 14.2. The standard InChI is InChI=1S/C13H18Cl2N4OS/c1-19(2)6-5-16-13(21)17-8-12(20)18-11-7-9(14)3-4-10(11)15/h3-4,7H,5-6,8H2,1-2H3,(H,18,20)(H2,16,17,21). The van der Waals surface area contributed by atoms with E-state index < -0.39 is 0 Å². The van der Waals surface area contributed by atoms with E-state index in [0.29, 0.717) is 27.4 Å². The zero-order valence-electron chi connectivity index (χ0n) is 11.9. The summed E-state index contributed by atoms with van der Waals surface area (Å²) in [7, 11) is 3.95. The third-order valence-corrected chi connectivity index (χ3v) is 3.31. The number of halogens is 2. The van der Waals surface area contributed by atoms with Gasteiger partial charge in [-0.15, -0.1) is 0 Å². The van der Waals surface area contributed by atoms with E-state index in [-0.39, 0.29) is 12.5 Å². The number of hydrogen-bond acceptors (Lipinski definition) is 3. The second kappa shape index (κ2) is 9.04. The van der Waals surface area contributed by atoms with Crippen molar-refractivity contribution in [3.8, 4) is 0 Å². The van der Waals surface area contributed by atoms with Crippen molar-refractivity contribution in [2.75, 3.05) is 39.0 Å². The quantitative estimate of drug-likeness (QED) is 0.686. The van der Waals surface area contributed by atoms with Crippen LogP contribution in [-0.4, -0.2) is 49.6 Å². The number of carbonyl (C=O) groups excluding carboxylic acids is 1. The molecule has 21 heavy (non-hydrogen) atoms. The van der Waals surface area contributed by atoms with Crippen LogP contribution in [0.5, 0.6) is 0 Å². The van der Waals surface area contributed by atoms with Gasteiger partial charge in [0, 0.05) is 18.1 Å². The second-order valence-corrected chi connectivity index (χ2v) is 5.84. The lowest BCUT2D eigenvalue weighted by Crippen LogP contribution is -2.42. The molecule has 116 valence electrons.